The molecule has 0 saturated heterocycles. The quantitative estimate of drug-likeness (QED) is 0.292. The number of benzene rings is 2. The molecule has 0 aliphatic carbocycles. The molecular weight excluding hydrogens is 487 g/mol. The van der Waals surface area contributed by atoms with E-state index in [1.807, 2.05) is 49.5 Å². The molecule has 0 amide bonds. The highest BCUT2D eigenvalue weighted by Gasteiger charge is 2.38. The fourth-order valence-electron chi connectivity index (χ4n) is 3.81. The molecule has 1 unspecified atom stereocenters. The number of aliphatic hydroxyl groups is 1. The molecule has 0 bridgehead atoms. The third-order valence-electron chi connectivity index (χ3n) is 5.30. The summed E-state index contributed by atoms with van der Waals surface area (Å²) in [6.45, 7) is 0. The summed E-state index contributed by atoms with van der Waals surface area (Å²) in [4.78, 5) is 13.7. The van der Waals surface area contributed by atoms with Crippen LogP contribution in [0.3, 0.4) is 0 Å². The van der Waals surface area contributed by atoms with Crippen molar-refractivity contribution in [3.8, 4) is 11.3 Å². The lowest BCUT2D eigenvalue weighted by molar-refractivity contribution is 0.121. The summed E-state index contributed by atoms with van der Waals surface area (Å²) >= 11 is 20.0. The minimum atomic E-state index is -1.48. The first-order chi connectivity index (χ1) is 15.4. The number of fused-ring (bicyclic) bond motifs is 1. The Morgan fingerprint density at radius 2 is 1.84 bits per heavy atom. The molecule has 3 heterocycles. The van der Waals surface area contributed by atoms with Crippen molar-refractivity contribution >= 4 is 57.0 Å². The largest absolute Gasteiger partial charge is 0.374 e. The molecule has 9 heteroatoms. The monoisotopic (exact) mass is 500 g/mol. The van der Waals surface area contributed by atoms with Gasteiger partial charge in [0.05, 0.1) is 33.8 Å². The Labute approximate surface area is 202 Å². The van der Waals surface area contributed by atoms with Gasteiger partial charge in [-0.1, -0.05) is 41.4 Å². The number of thiophene rings is 1. The van der Waals surface area contributed by atoms with Crippen LogP contribution in [-0.2, 0) is 12.6 Å². The first kappa shape index (κ1) is 21.4. The van der Waals surface area contributed by atoms with Gasteiger partial charge < -0.3 is 9.67 Å². The second-order valence-corrected chi connectivity index (χ2v) is 9.78. The number of imidazole rings is 1. The number of rotatable bonds is 4. The van der Waals surface area contributed by atoms with E-state index >= 15 is 0 Å². The van der Waals surface area contributed by atoms with Crippen LogP contribution in [0.25, 0.3) is 22.2 Å². The Bertz CT molecular complexity index is 1460. The van der Waals surface area contributed by atoms with E-state index in [9.17, 15) is 5.11 Å². The summed E-state index contributed by atoms with van der Waals surface area (Å²) in [6.07, 6.45) is 3.30. The van der Waals surface area contributed by atoms with Crippen molar-refractivity contribution in [2.45, 2.75) is 5.60 Å². The molecule has 0 aliphatic heterocycles. The van der Waals surface area contributed by atoms with Crippen molar-refractivity contribution in [3.63, 3.8) is 0 Å². The van der Waals surface area contributed by atoms with Gasteiger partial charge in [-0.15, -0.1) is 11.3 Å². The second kappa shape index (κ2) is 8.14. The van der Waals surface area contributed by atoms with Gasteiger partial charge >= 0.3 is 0 Å². The highest BCUT2D eigenvalue weighted by molar-refractivity contribution is 7.16. The number of hydrogen-bond acceptors (Lipinski definition) is 5. The molecule has 32 heavy (non-hydrogen) atoms. The maximum Gasteiger partial charge on any atom is 0.223 e. The van der Waals surface area contributed by atoms with E-state index in [1.165, 1.54) is 11.3 Å². The SMILES string of the molecule is Cn1cncc1C(O)(c1ccc2nc(Cl)nc(-c3cccc(Cl)c3)c2c1)c1ccc(Cl)s1. The highest BCUT2D eigenvalue weighted by Crippen LogP contribution is 2.42. The molecule has 5 nitrogen and oxygen atoms in total. The van der Waals surface area contributed by atoms with Crippen LogP contribution in [0.4, 0.5) is 0 Å². The molecule has 0 fully saturated rings. The van der Waals surface area contributed by atoms with Gasteiger partial charge in [-0.05, 0) is 53.6 Å². The van der Waals surface area contributed by atoms with Crippen molar-refractivity contribution in [2.75, 3.05) is 0 Å². The lowest BCUT2D eigenvalue weighted by Crippen LogP contribution is -2.30. The van der Waals surface area contributed by atoms with Crippen LogP contribution >= 0.6 is 46.1 Å². The third kappa shape index (κ3) is 3.58. The first-order valence-electron chi connectivity index (χ1n) is 9.55. The normalized spacial score (nSPS) is 13.4. The van der Waals surface area contributed by atoms with E-state index in [-0.39, 0.29) is 5.28 Å². The van der Waals surface area contributed by atoms with Gasteiger partial charge in [0.25, 0.3) is 0 Å². The van der Waals surface area contributed by atoms with E-state index in [2.05, 4.69) is 15.0 Å². The standard InChI is InChI=1S/C23H15Cl3N4OS/c1-30-12-27-11-18(30)23(31,19-7-8-20(25)32-19)14-5-6-17-16(10-14)21(29-22(26)28-17)13-3-2-4-15(24)9-13/h2-12,31H,1H3. The summed E-state index contributed by atoms with van der Waals surface area (Å²) in [5.41, 5.74) is 1.83. The summed E-state index contributed by atoms with van der Waals surface area (Å²) < 4.78 is 2.37. The molecule has 1 N–H and O–H groups in total. The zero-order chi connectivity index (χ0) is 22.5. The second-order valence-electron chi connectivity index (χ2n) is 7.29. The molecule has 5 rings (SSSR count). The van der Waals surface area contributed by atoms with Gasteiger partial charge in [-0.2, -0.15) is 0 Å². The highest BCUT2D eigenvalue weighted by atomic mass is 35.5. The maximum absolute atomic E-state index is 12.1. The smallest absolute Gasteiger partial charge is 0.223 e. The van der Waals surface area contributed by atoms with Crippen LogP contribution in [0, 0.1) is 0 Å². The van der Waals surface area contributed by atoms with E-state index < -0.39 is 5.60 Å². The van der Waals surface area contributed by atoms with Crippen LogP contribution in [0.2, 0.25) is 14.6 Å². The summed E-state index contributed by atoms with van der Waals surface area (Å²) in [5, 5.41) is 13.6. The van der Waals surface area contributed by atoms with Crippen LogP contribution in [0.15, 0.2) is 67.1 Å². The van der Waals surface area contributed by atoms with Gasteiger partial charge in [-0.25, -0.2) is 15.0 Å². The molecule has 0 saturated carbocycles. The van der Waals surface area contributed by atoms with Crippen molar-refractivity contribution in [1.29, 1.82) is 0 Å². The van der Waals surface area contributed by atoms with Crippen LogP contribution in [0.5, 0.6) is 0 Å². The molecule has 5 aromatic rings. The van der Waals surface area contributed by atoms with Crippen molar-refractivity contribution in [1.82, 2.24) is 19.5 Å². The third-order valence-corrected chi connectivity index (χ3v) is 7.05. The first-order valence-corrected chi connectivity index (χ1v) is 11.5. The van der Waals surface area contributed by atoms with Crippen LogP contribution in [-0.4, -0.2) is 24.6 Å². The minimum absolute atomic E-state index is 0.132. The van der Waals surface area contributed by atoms with Crippen molar-refractivity contribution < 1.29 is 5.11 Å². The molecule has 160 valence electrons. The molecule has 0 radical (unpaired) electrons. The number of halogens is 3. The molecule has 2 aromatic carbocycles. The zero-order valence-corrected chi connectivity index (χ0v) is 19.7. The van der Waals surface area contributed by atoms with Crippen LogP contribution in [0.1, 0.15) is 16.1 Å². The Balaban J connectivity index is 1.80. The Morgan fingerprint density at radius 1 is 1.00 bits per heavy atom. The van der Waals surface area contributed by atoms with Crippen molar-refractivity contribution in [3.05, 3.63) is 97.9 Å². The van der Waals surface area contributed by atoms with E-state index in [1.54, 1.807) is 29.2 Å². The summed E-state index contributed by atoms with van der Waals surface area (Å²) in [7, 11) is 1.84. The number of aromatic nitrogens is 4. The molecular formula is C23H15Cl3N4OS. The molecule has 0 spiro atoms. The topological polar surface area (TPSA) is 63.8 Å². The summed E-state index contributed by atoms with van der Waals surface area (Å²) in [6, 6.07) is 16.5. The Kier molecular flexibility index (Phi) is 5.43. The van der Waals surface area contributed by atoms with Gasteiger partial charge in [0.2, 0.25) is 5.28 Å². The number of hydrogen-bond donors (Lipinski definition) is 1. The van der Waals surface area contributed by atoms with Gasteiger partial charge in [0.15, 0.2) is 5.60 Å². The van der Waals surface area contributed by atoms with Crippen LogP contribution < -0.4 is 0 Å². The zero-order valence-electron chi connectivity index (χ0n) is 16.6. The van der Waals surface area contributed by atoms with E-state index in [0.717, 1.165) is 10.9 Å². The van der Waals surface area contributed by atoms with E-state index in [4.69, 9.17) is 34.8 Å². The predicted molar refractivity (Wildman–Crippen MR) is 130 cm³/mol. The maximum atomic E-state index is 12.1. The molecule has 1 atom stereocenters. The van der Waals surface area contributed by atoms with E-state index in [0.29, 0.717) is 36.7 Å². The van der Waals surface area contributed by atoms with Gasteiger partial charge in [-0.3, -0.25) is 0 Å². The fraction of sp³-hybridized carbons (Fsp3) is 0.0870. The lowest BCUT2D eigenvalue weighted by atomic mass is 9.87. The van der Waals surface area contributed by atoms with Gasteiger partial charge in [0.1, 0.15) is 0 Å². The minimum Gasteiger partial charge on any atom is -0.374 e. The van der Waals surface area contributed by atoms with Gasteiger partial charge in [0, 0.05) is 27.9 Å². The lowest BCUT2D eigenvalue weighted by Gasteiger charge is -2.28. The van der Waals surface area contributed by atoms with Crippen molar-refractivity contribution in [2.24, 2.45) is 7.05 Å². The number of nitrogens with zero attached hydrogens (tertiary/aromatic N) is 4. The average Bonchev–Trinajstić information content (AvgIpc) is 3.41. The summed E-state index contributed by atoms with van der Waals surface area (Å²) in [5.74, 6) is 0. The predicted octanol–water partition coefficient (Wildman–Crippen LogP) is 6.34. The Hall–Kier alpha value is -2.48. The molecule has 3 aromatic heterocycles. The number of aryl methyl sites for hydroxylation is 1. The average molecular weight is 502 g/mol. The fourth-order valence-corrected chi connectivity index (χ4v) is 5.34. The Morgan fingerprint density at radius 3 is 2.53 bits per heavy atom. The molecule has 0 aliphatic rings.